The van der Waals surface area contributed by atoms with Gasteiger partial charge in [0, 0.05) is 12.0 Å². The predicted octanol–water partition coefficient (Wildman–Crippen LogP) is 2.35. The van der Waals surface area contributed by atoms with Gasteiger partial charge in [0.25, 0.3) is 0 Å². The van der Waals surface area contributed by atoms with Gasteiger partial charge in [0.15, 0.2) is 0 Å². The Kier molecular flexibility index (Phi) is 3.28. The fourth-order valence-corrected chi connectivity index (χ4v) is 1.45. The molecule has 2 N–H and O–H groups in total. The Balaban J connectivity index is 3.15. The number of rotatable bonds is 3. The summed E-state index contributed by atoms with van der Waals surface area (Å²) < 4.78 is 0. The number of nitriles is 1. The van der Waals surface area contributed by atoms with Crippen molar-refractivity contribution in [2.24, 2.45) is 5.73 Å². The molecule has 15 heavy (non-hydrogen) atoms. The molecule has 0 aliphatic heterocycles. The first kappa shape index (κ1) is 11.5. The smallest absolute Gasteiger partial charge is 0.0991 e. The first-order valence-corrected chi connectivity index (χ1v) is 4.91. The summed E-state index contributed by atoms with van der Waals surface area (Å²) in [7, 11) is 0. The molecule has 0 spiro atoms. The van der Waals surface area contributed by atoms with Gasteiger partial charge in [-0.25, -0.2) is 0 Å². The van der Waals surface area contributed by atoms with Crippen LogP contribution in [0.15, 0.2) is 36.4 Å². The monoisotopic (exact) mass is 200 g/mol. The average Bonchev–Trinajstić information content (AvgIpc) is 2.28. The van der Waals surface area contributed by atoms with E-state index in [1.165, 1.54) is 0 Å². The zero-order valence-electron chi connectivity index (χ0n) is 9.25. The molecule has 78 valence electrons. The van der Waals surface area contributed by atoms with Crippen molar-refractivity contribution in [2.45, 2.75) is 19.3 Å². The molecule has 0 bridgehead atoms. The highest BCUT2D eigenvalue weighted by Crippen LogP contribution is 2.29. The van der Waals surface area contributed by atoms with Gasteiger partial charge in [-0.05, 0) is 24.6 Å². The highest BCUT2D eigenvalue weighted by atomic mass is 14.6. The van der Waals surface area contributed by atoms with Crippen molar-refractivity contribution in [3.63, 3.8) is 0 Å². The fourth-order valence-electron chi connectivity index (χ4n) is 1.45. The lowest BCUT2D eigenvalue weighted by atomic mass is 9.77. The summed E-state index contributed by atoms with van der Waals surface area (Å²) >= 11 is 0. The second-order valence-corrected chi connectivity index (χ2v) is 4.01. The van der Waals surface area contributed by atoms with Crippen LogP contribution in [0.25, 0.3) is 0 Å². The minimum Gasteiger partial charge on any atom is -0.329 e. The first-order chi connectivity index (χ1) is 7.04. The Morgan fingerprint density at radius 3 is 2.33 bits per heavy atom. The van der Waals surface area contributed by atoms with Crippen LogP contribution in [0.3, 0.4) is 0 Å². The average molecular weight is 200 g/mol. The van der Waals surface area contributed by atoms with Gasteiger partial charge in [-0.1, -0.05) is 31.2 Å². The van der Waals surface area contributed by atoms with E-state index in [-0.39, 0.29) is 5.41 Å². The molecule has 0 radical (unpaired) electrons. The Morgan fingerprint density at radius 1 is 1.47 bits per heavy atom. The lowest BCUT2D eigenvalue weighted by Gasteiger charge is -2.29. The fraction of sp³-hybridized carbons (Fsp3) is 0.308. The SMILES string of the molecule is C=C(C)C(C)(CN)c1ccc(C#N)cc1. The molecule has 0 aliphatic rings. The number of benzene rings is 1. The molecule has 1 aromatic carbocycles. The number of hydrogen-bond acceptors (Lipinski definition) is 2. The van der Waals surface area contributed by atoms with Gasteiger partial charge in [0.1, 0.15) is 0 Å². The molecule has 0 fully saturated rings. The van der Waals surface area contributed by atoms with Gasteiger partial charge in [-0.3, -0.25) is 0 Å². The lowest BCUT2D eigenvalue weighted by Crippen LogP contribution is -2.32. The molecule has 0 aliphatic carbocycles. The molecule has 0 amide bonds. The highest BCUT2D eigenvalue weighted by Gasteiger charge is 2.25. The third kappa shape index (κ3) is 2.08. The van der Waals surface area contributed by atoms with Crippen molar-refractivity contribution in [3.05, 3.63) is 47.5 Å². The Hall–Kier alpha value is -1.59. The zero-order valence-corrected chi connectivity index (χ0v) is 9.25. The minimum atomic E-state index is -0.200. The minimum absolute atomic E-state index is 0.200. The second-order valence-electron chi connectivity index (χ2n) is 4.01. The summed E-state index contributed by atoms with van der Waals surface area (Å²) in [6, 6.07) is 9.61. The zero-order chi connectivity index (χ0) is 11.5. The van der Waals surface area contributed by atoms with Gasteiger partial charge in [0.05, 0.1) is 11.6 Å². The maximum atomic E-state index is 8.71. The van der Waals surface area contributed by atoms with Crippen LogP contribution in [-0.2, 0) is 5.41 Å². The predicted molar refractivity (Wildman–Crippen MR) is 62.4 cm³/mol. The van der Waals surface area contributed by atoms with Gasteiger partial charge < -0.3 is 5.73 Å². The second kappa shape index (κ2) is 4.29. The summed E-state index contributed by atoms with van der Waals surface area (Å²) in [6.07, 6.45) is 0. The third-order valence-corrected chi connectivity index (χ3v) is 3.00. The van der Waals surface area contributed by atoms with E-state index < -0.39 is 0 Å². The maximum absolute atomic E-state index is 8.71. The molecule has 0 saturated heterocycles. The van der Waals surface area contributed by atoms with Gasteiger partial charge >= 0.3 is 0 Å². The summed E-state index contributed by atoms with van der Waals surface area (Å²) in [4.78, 5) is 0. The maximum Gasteiger partial charge on any atom is 0.0991 e. The van der Waals surface area contributed by atoms with Crippen molar-refractivity contribution in [1.82, 2.24) is 0 Å². The van der Waals surface area contributed by atoms with Crippen LogP contribution >= 0.6 is 0 Å². The summed E-state index contributed by atoms with van der Waals surface area (Å²) in [5.41, 5.74) is 8.40. The van der Waals surface area contributed by atoms with Crippen molar-refractivity contribution in [1.29, 1.82) is 5.26 Å². The van der Waals surface area contributed by atoms with E-state index in [0.717, 1.165) is 11.1 Å². The number of nitrogens with zero attached hydrogens (tertiary/aromatic N) is 1. The molecule has 1 rings (SSSR count). The standard InChI is InChI=1S/C13H16N2/c1-10(2)13(3,9-15)12-6-4-11(8-14)5-7-12/h4-7H,1,9,15H2,2-3H3. The molecule has 2 nitrogen and oxygen atoms in total. The normalized spacial score (nSPS) is 14.0. The first-order valence-electron chi connectivity index (χ1n) is 4.91. The van der Waals surface area contributed by atoms with Gasteiger partial charge in [-0.2, -0.15) is 5.26 Å². The van der Waals surface area contributed by atoms with E-state index in [1.807, 2.05) is 31.2 Å². The van der Waals surface area contributed by atoms with Crippen LogP contribution in [0.4, 0.5) is 0 Å². The van der Waals surface area contributed by atoms with Crippen LogP contribution < -0.4 is 5.73 Å². The van der Waals surface area contributed by atoms with Gasteiger partial charge in [-0.15, -0.1) is 0 Å². The van der Waals surface area contributed by atoms with E-state index in [4.69, 9.17) is 11.0 Å². The Bertz CT molecular complexity index is 398. The molecule has 1 unspecified atom stereocenters. The van der Waals surface area contributed by atoms with E-state index in [1.54, 1.807) is 0 Å². The van der Waals surface area contributed by atoms with Gasteiger partial charge in [0.2, 0.25) is 0 Å². The van der Waals surface area contributed by atoms with E-state index >= 15 is 0 Å². The van der Waals surface area contributed by atoms with Crippen LogP contribution in [0, 0.1) is 11.3 Å². The summed E-state index contributed by atoms with van der Waals surface area (Å²) in [5, 5.41) is 8.71. The van der Waals surface area contributed by atoms with Crippen molar-refractivity contribution < 1.29 is 0 Å². The number of nitrogens with two attached hydrogens (primary N) is 1. The Labute approximate surface area is 91.0 Å². The van der Waals surface area contributed by atoms with Crippen LogP contribution in [-0.4, -0.2) is 6.54 Å². The van der Waals surface area contributed by atoms with Crippen molar-refractivity contribution in [2.75, 3.05) is 6.54 Å². The quantitative estimate of drug-likeness (QED) is 0.761. The topological polar surface area (TPSA) is 49.8 Å². The molecule has 0 aromatic heterocycles. The lowest BCUT2D eigenvalue weighted by molar-refractivity contribution is 0.572. The highest BCUT2D eigenvalue weighted by molar-refractivity contribution is 5.39. The Morgan fingerprint density at radius 2 is 2.00 bits per heavy atom. The largest absolute Gasteiger partial charge is 0.329 e. The van der Waals surface area contributed by atoms with Crippen LogP contribution in [0.2, 0.25) is 0 Å². The summed E-state index contributed by atoms with van der Waals surface area (Å²) in [5.74, 6) is 0. The molecule has 1 aromatic rings. The molecule has 1 atom stereocenters. The van der Waals surface area contributed by atoms with E-state index in [2.05, 4.69) is 19.6 Å². The van der Waals surface area contributed by atoms with Crippen molar-refractivity contribution in [3.8, 4) is 6.07 Å². The molecule has 2 heteroatoms. The van der Waals surface area contributed by atoms with Crippen LogP contribution in [0.1, 0.15) is 25.0 Å². The van der Waals surface area contributed by atoms with E-state index in [9.17, 15) is 0 Å². The van der Waals surface area contributed by atoms with Crippen molar-refractivity contribution >= 4 is 0 Å². The molecule has 0 heterocycles. The van der Waals surface area contributed by atoms with E-state index in [0.29, 0.717) is 12.1 Å². The molecule has 0 saturated carbocycles. The van der Waals surface area contributed by atoms with Crippen LogP contribution in [0.5, 0.6) is 0 Å². The molecular formula is C13H16N2. The molecular weight excluding hydrogens is 184 g/mol. The third-order valence-electron chi connectivity index (χ3n) is 3.00. The summed E-state index contributed by atoms with van der Waals surface area (Å²) in [6.45, 7) is 8.54. The number of hydrogen-bond donors (Lipinski definition) is 1.